The number of hydrogen-bond donors (Lipinski definition) is 2. The Bertz CT molecular complexity index is 967. The van der Waals surface area contributed by atoms with Gasteiger partial charge in [0.1, 0.15) is 12.4 Å². The highest BCUT2D eigenvalue weighted by Crippen LogP contribution is 2.48. The number of carboxylic acid groups (broad SMARTS) is 2. The summed E-state index contributed by atoms with van der Waals surface area (Å²) in [6.07, 6.45) is -0.00659. The van der Waals surface area contributed by atoms with E-state index in [9.17, 15) is 0 Å². The minimum Gasteiger partial charge on any atom is -0.488 e. The smallest absolute Gasteiger partial charge is 0.414 e. The van der Waals surface area contributed by atoms with Crippen molar-refractivity contribution in [2.75, 3.05) is 26.2 Å². The van der Waals surface area contributed by atoms with Crippen LogP contribution < -0.4 is 4.74 Å². The Kier molecular flexibility index (Phi) is 7.73. The Balaban J connectivity index is 0.000000427. The molecule has 0 saturated carbocycles. The van der Waals surface area contributed by atoms with Crippen molar-refractivity contribution >= 4 is 23.5 Å². The molecule has 0 radical (unpaired) electrons. The van der Waals surface area contributed by atoms with Gasteiger partial charge in [0.05, 0.1) is 18.3 Å². The third kappa shape index (κ3) is 5.05. The fourth-order valence-corrected chi connectivity index (χ4v) is 3.98. The van der Waals surface area contributed by atoms with E-state index in [1.54, 1.807) is 0 Å². The standard InChI is InChI=1S/C21H24ClNO3.C2H2O4/c1-3-23(4-2)12-17-14-25-21(26-17)18-8-6-5-7-15(18)13-24-20-10-9-16(22)11-19(20)21;3-1(4)2(5)6/h5-11,17H,3-4,12-14H2,1-2H3;(H,3,4)(H,5,6). The zero-order valence-corrected chi connectivity index (χ0v) is 18.7. The van der Waals surface area contributed by atoms with Gasteiger partial charge in [-0.2, -0.15) is 0 Å². The van der Waals surface area contributed by atoms with Gasteiger partial charge >= 0.3 is 11.9 Å². The van der Waals surface area contributed by atoms with Crippen molar-refractivity contribution in [2.24, 2.45) is 0 Å². The molecule has 1 fully saturated rings. The molecule has 0 amide bonds. The number of fused-ring (bicyclic) bond motifs is 4. The van der Waals surface area contributed by atoms with Gasteiger partial charge in [-0.3, -0.25) is 0 Å². The van der Waals surface area contributed by atoms with Crippen LogP contribution in [-0.2, 0) is 31.5 Å². The van der Waals surface area contributed by atoms with E-state index in [4.69, 9.17) is 45.6 Å². The van der Waals surface area contributed by atoms with E-state index in [-0.39, 0.29) is 6.10 Å². The van der Waals surface area contributed by atoms with Crippen LogP contribution >= 0.6 is 11.6 Å². The molecule has 0 bridgehead atoms. The molecule has 9 heteroatoms. The maximum atomic E-state index is 9.10. The molecule has 2 atom stereocenters. The van der Waals surface area contributed by atoms with Gasteiger partial charge in [0.15, 0.2) is 0 Å². The molecule has 2 N–H and O–H groups in total. The normalized spacial score (nSPS) is 21.1. The summed E-state index contributed by atoms with van der Waals surface area (Å²) in [5, 5.41) is 15.4. The zero-order chi connectivity index (χ0) is 23.3. The van der Waals surface area contributed by atoms with Gasteiger partial charge in [0.25, 0.3) is 0 Å². The number of aliphatic carboxylic acids is 2. The van der Waals surface area contributed by atoms with Gasteiger partial charge in [0.2, 0.25) is 5.79 Å². The van der Waals surface area contributed by atoms with Gasteiger partial charge in [-0.1, -0.05) is 49.7 Å². The molecule has 1 saturated heterocycles. The molecular formula is C23H26ClNO7. The van der Waals surface area contributed by atoms with Crippen LogP contribution in [0.5, 0.6) is 5.75 Å². The van der Waals surface area contributed by atoms with Crippen molar-refractivity contribution in [3.63, 3.8) is 0 Å². The number of benzene rings is 2. The van der Waals surface area contributed by atoms with Gasteiger partial charge in [0, 0.05) is 17.1 Å². The molecule has 8 nitrogen and oxygen atoms in total. The van der Waals surface area contributed by atoms with Crippen LogP contribution in [0.1, 0.15) is 30.5 Å². The highest BCUT2D eigenvalue weighted by molar-refractivity contribution is 6.30. The monoisotopic (exact) mass is 463 g/mol. The lowest BCUT2D eigenvalue weighted by Gasteiger charge is -2.30. The minimum atomic E-state index is -1.82. The number of hydrogen-bond acceptors (Lipinski definition) is 6. The molecule has 2 unspecified atom stereocenters. The molecule has 0 aromatic heterocycles. The fourth-order valence-electron chi connectivity index (χ4n) is 3.81. The van der Waals surface area contributed by atoms with Crippen LogP contribution in [0.2, 0.25) is 5.02 Å². The van der Waals surface area contributed by atoms with Gasteiger partial charge < -0.3 is 29.3 Å². The molecule has 2 aromatic carbocycles. The number of likely N-dealkylation sites (N-methyl/N-ethyl adjacent to an activating group) is 1. The molecule has 2 heterocycles. The van der Waals surface area contributed by atoms with Gasteiger partial charge in [-0.25, -0.2) is 9.59 Å². The van der Waals surface area contributed by atoms with E-state index in [2.05, 4.69) is 30.9 Å². The third-order valence-corrected chi connectivity index (χ3v) is 5.63. The lowest BCUT2D eigenvalue weighted by molar-refractivity contribution is -0.159. The number of rotatable bonds is 4. The average Bonchev–Trinajstić information content (AvgIpc) is 3.16. The summed E-state index contributed by atoms with van der Waals surface area (Å²) < 4.78 is 19.0. The van der Waals surface area contributed by atoms with Crippen LogP contribution in [0.4, 0.5) is 0 Å². The molecule has 2 aliphatic rings. The van der Waals surface area contributed by atoms with Crippen LogP contribution in [0.3, 0.4) is 0 Å². The van der Waals surface area contributed by atoms with Crippen LogP contribution in [0.25, 0.3) is 0 Å². The summed E-state index contributed by atoms with van der Waals surface area (Å²) in [6.45, 7) is 8.18. The molecule has 1 spiro atoms. The topological polar surface area (TPSA) is 106 Å². The maximum Gasteiger partial charge on any atom is 0.414 e. The molecule has 172 valence electrons. The first kappa shape index (κ1) is 24.0. The number of carboxylic acids is 2. The van der Waals surface area contributed by atoms with Crippen LogP contribution in [0, 0.1) is 0 Å². The Morgan fingerprint density at radius 2 is 1.78 bits per heavy atom. The van der Waals surface area contributed by atoms with E-state index < -0.39 is 17.7 Å². The first-order chi connectivity index (χ1) is 15.3. The predicted octanol–water partition coefficient (Wildman–Crippen LogP) is 3.35. The summed E-state index contributed by atoms with van der Waals surface area (Å²) in [7, 11) is 0. The van der Waals surface area contributed by atoms with E-state index in [0.29, 0.717) is 18.2 Å². The number of ether oxygens (including phenoxy) is 3. The van der Waals surface area contributed by atoms with Crippen molar-refractivity contribution in [1.82, 2.24) is 4.90 Å². The third-order valence-electron chi connectivity index (χ3n) is 5.40. The second-order valence-electron chi connectivity index (χ2n) is 7.35. The summed E-state index contributed by atoms with van der Waals surface area (Å²) in [5.41, 5.74) is 2.92. The molecule has 0 aliphatic carbocycles. The Labute approximate surface area is 191 Å². The summed E-state index contributed by atoms with van der Waals surface area (Å²) in [5.74, 6) is -3.86. The van der Waals surface area contributed by atoms with Crippen molar-refractivity contribution in [1.29, 1.82) is 0 Å². The van der Waals surface area contributed by atoms with Crippen molar-refractivity contribution in [3.05, 3.63) is 64.2 Å². The second kappa shape index (κ2) is 10.3. The lowest BCUT2D eigenvalue weighted by Crippen LogP contribution is -2.36. The van der Waals surface area contributed by atoms with E-state index in [1.807, 2.05) is 30.3 Å². The maximum absolute atomic E-state index is 9.10. The summed E-state index contributed by atoms with van der Waals surface area (Å²) in [4.78, 5) is 20.6. The van der Waals surface area contributed by atoms with Gasteiger partial charge in [-0.15, -0.1) is 0 Å². The quantitative estimate of drug-likeness (QED) is 0.665. The van der Waals surface area contributed by atoms with E-state index >= 15 is 0 Å². The van der Waals surface area contributed by atoms with Gasteiger partial charge in [-0.05, 0) is 36.9 Å². The largest absolute Gasteiger partial charge is 0.488 e. The Morgan fingerprint density at radius 1 is 1.09 bits per heavy atom. The first-order valence-electron chi connectivity index (χ1n) is 10.3. The van der Waals surface area contributed by atoms with Crippen LogP contribution in [0.15, 0.2) is 42.5 Å². The van der Waals surface area contributed by atoms with E-state index in [0.717, 1.165) is 42.1 Å². The first-order valence-corrected chi connectivity index (χ1v) is 10.7. The van der Waals surface area contributed by atoms with Crippen molar-refractivity contribution < 1.29 is 34.0 Å². The zero-order valence-electron chi connectivity index (χ0n) is 17.9. The second-order valence-corrected chi connectivity index (χ2v) is 7.79. The predicted molar refractivity (Wildman–Crippen MR) is 117 cm³/mol. The highest BCUT2D eigenvalue weighted by Gasteiger charge is 2.49. The number of halogens is 1. The Morgan fingerprint density at radius 3 is 2.44 bits per heavy atom. The van der Waals surface area contributed by atoms with E-state index in [1.165, 1.54) is 0 Å². The summed E-state index contributed by atoms with van der Waals surface area (Å²) in [6, 6.07) is 13.8. The minimum absolute atomic E-state index is 0.00659. The average molecular weight is 464 g/mol. The molecule has 2 aliphatic heterocycles. The number of nitrogens with zero attached hydrogens (tertiary/aromatic N) is 1. The lowest BCUT2D eigenvalue weighted by atomic mass is 9.93. The fraction of sp³-hybridized carbons (Fsp3) is 0.391. The summed E-state index contributed by atoms with van der Waals surface area (Å²) >= 11 is 6.31. The highest BCUT2D eigenvalue weighted by atomic mass is 35.5. The SMILES string of the molecule is CCN(CC)CC1COC2(O1)c1ccccc1COc1ccc(Cl)cc12.O=C(O)C(=O)O. The molecule has 32 heavy (non-hydrogen) atoms. The molecule has 4 rings (SSSR count). The van der Waals surface area contributed by atoms with Crippen molar-refractivity contribution in [3.8, 4) is 5.75 Å². The Hall–Kier alpha value is -2.65. The molecule has 2 aromatic rings. The number of carbonyl (C=O) groups is 2. The molecular weight excluding hydrogens is 438 g/mol. The van der Waals surface area contributed by atoms with Crippen molar-refractivity contribution in [2.45, 2.75) is 32.3 Å². The van der Waals surface area contributed by atoms with Crippen LogP contribution in [-0.4, -0.2) is 59.4 Å².